The molecule has 0 saturated heterocycles. The van der Waals surface area contributed by atoms with Gasteiger partial charge in [0.25, 0.3) is 0 Å². The van der Waals surface area contributed by atoms with E-state index in [1.807, 2.05) is 6.07 Å². The predicted octanol–water partition coefficient (Wildman–Crippen LogP) is 0.839. The van der Waals surface area contributed by atoms with Crippen LogP contribution in [0, 0.1) is 11.3 Å². The fourth-order valence-electron chi connectivity index (χ4n) is 1.08. The zero-order chi connectivity index (χ0) is 12.8. The molecule has 17 heavy (non-hydrogen) atoms. The van der Waals surface area contributed by atoms with E-state index < -0.39 is 23.3 Å². The first-order valence-corrected chi connectivity index (χ1v) is 4.71. The van der Waals surface area contributed by atoms with Crippen LogP contribution in [0.5, 0.6) is 17.2 Å². The van der Waals surface area contributed by atoms with Crippen LogP contribution >= 0.6 is 0 Å². The third kappa shape index (κ3) is 3.46. The van der Waals surface area contributed by atoms with E-state index in [0.29, 0.717) is 0 Å². The standard InChI is InChI=1S/C10H11N3O4/c11-2-1-3-12-10(17)13-6-4-7(14)9(16)8(15)5-6/h4-5,14-16H,1,3H2,(H2,12,13,17). The van der Waals surface area contributed by atoms with Gasteiger partial charge in [-0.1, -0.05) is 0 Å². The van der Waals surface area contributed by atoms with Crippen molar-refractivity contribution < 1.29 is 20.1 Å². The summed E-state index contributed by atoms with van der Waals surface area (Å²) in [7, 11) is 0. The summed E-state index contributed by atoms with van der Waals surface area (Å²) >= 11 is 0. The molecular weight excluding hydrogens is 226 g/mol. The first-order chi connectivity index (χ1) is 8.04. The maximum atomic E-state index is 11.2. The normalized spacial score (nSPS) is 9.35. The predicted molar refractivity (Wildman–Crippen MR) is 58.7 cm³/mol. The van der Waals surface area contributed by atoms with E-state index in [2.05, 4.69) is 10.6 Å². The molecule has 7 heteroatoms. The summed E-state index contributed by atoms with van der Waals surface area (Å²) in [6.07, 6.45) is 0.180. The fraction of sp³-hybridized carbons (Fsp3) is 0.200. The van der Waals surface area contributed by atoms with Crippen molar-refractivity contribution in [2.24, 2.45) is 0 Å². The third-order valence-electron chi connectivity index (χ3n) is 1.85. The maximum absolute atomic E-state index is 11.2. The van der Waals surface area contributed by atoms with E-state index in [4.69, 9.17) is 10.4 Å². The van der Waals surface area contributed by atoms with E-state index in [-0.39, 0.29) is 18.7 Å². The number of phenols is 3. The van der Waals surface area contributed by atoms with E-state index in [0.717, 1.165) is 12.1 Å². The highest BCUT2D eigenvalue weighted by molar-refractivity contribution is 5.90. The second kappa shape index (κ2) is 5.46. The molecule has 1 aromatic rings. The van der Waals surface area contributed by atoms with Gasteiger partial charge in [-0.15, -0.1) is 0 Å². The highest BCUT2D eigenvalue weighted by atomic mass is 16.3. The molecule has 0 aliphatic rings. The van der Waals surface area contributed by atoms with Crippen molar-refractivity contribution in [3.63, 3.8) is 0 Å². The Morgan fingerprint density at radius 2 is 1.88 bits per heavy atom. The first-order valence-electron chi connectivity index (χ1n) is 4.71. The third-order valence-corrected chi connectivity index (χ3v) is 1.85. The van der Waals surface area contributed by atoms with Crippen LogP contribution in [0.4, 0.5) is 10.5 Å². The highest BCUT2D eigenvalue weighted by Gasteiger charge is 2.09. The second-order valence-electron chi connectivity index (χ2n) is 3.15. The van der Waals surface area contributed by atoms with Crippen molar-refractivity contribution in [2.75, 3.05) is 11.9 Å². The van der Waals surface area contributed by atoms with Crippen LogP contribution < -0.4 is 10.6 Å². The van der Waals surface area contributed by atoms with Gasteiger partial charge in [-0.25, -0.2) is 4.79 Å². The number of anilines is 1. The Morgan fingerprint density at radius 3 is 2.41 bits per heavy atom. The minimum atomic E-state index is -0.652. The Hall–Kier alpha value is -2.62. The molecule has 0 bridgehead atoms. The minimum absolute atomic E-state index is 0.118. The zero-order valence-corrected chi connectivity index (χ0v) is 8.77. The van der Waals surface area contributed by atoms with Crippen molar-refractivity contribution in [2.45, 2.75) is 6.42 Å². The second-order valence-corrected chi connectivity index (χ2v) is 3.15. The average molecular weight is 237 g/mol. The van der Waals surface area contributed by atoms with Gasteiger partial charge in [-0.3, -0.25) is 0 Å². The smallest absolute Gasteiger partial charge is 0.319 e. The highest BCUT2D eigenvalue weighted by Crippen LogP contribution is 2.37. The molecule has 2 amide bonds. The largest absolute Gasteiger partial charge is 0.504 e. The molecule has 0 heterocycles. The van der Waals surface area contributed by atoms with Gasteiger partial charge in [-0.05, 0) is 0 Å². The van der Waals surface area contributed by atoms with Crippen molar-refractivity contribution >= 4 is 11.7 Å². The van der Waals surface area contributed by atoms with Crippen molar-refractivity contribution in [3.05, 3.63) is 12.1 Å². The van der Waals surface area contributed by atoms with Crippen LogP contribution in [-0.2, 0) is 0 Å². The van der Waals surface area contributed by atoms with E-state index in [9.17, 15) is 15.0 Å². The Morgan fingerprint density at radius 1 is 1.29 bits per heavy atom. The fourth-order valence-corrected chi connectivity index (χ4v) is 1.08. The molecule has 1 aromatic carbocycles. The molecule has 0 spiro atoms. The molecule has 0 aliphatic carbocycles. The Balaban J connectivity index is 2.63. The lowest BCUT2D eigenvalue weighted by molar-refractivity contribution is 0.252. The maximum Gasteiger partial charge on any atom is 0.319 e. The van der Waals surface area contributed by atoms with Crippen molar-refractivity contribution in [1.82, 2.24) is 5.32 Å². The summed E-state index contributed by atoms with van der Waals surface area (Å²) in [6, 6.07) is 3.44. The van der Waals surface area contributed by atoms with Gasteiger partial charge in [0.15, 0.2) is 17.2 Å². The Bertz CT molecular complexity index is 444. The topological polar surface area (TPSA) is 126 Å². The lowest BCUT2D eigenvalue weighted by atomic mass is 10.2. The van der Waals surface area contributed by atoms with Crippen LogP contribution in [-0.4, -0.2) is 27.9 Å². The quantitative estimate of drug-likeness (QED) is 0.302. The summed E-state index contributed by atoms with van der Waals surface area (Å²) in [5, 5.41) is 40.4. The number of nitriles is 1. The zero-order valence-electron chi connectivity index (χ0n) is 8.77. The average Bonchev–Trinajstić information content (AvgIpc) is 2.26. The molecule has 0 radical (unpaired) electrons. The summed E-state index contributed by atoms with van der Waals surface area (Å²) in [5.41, 5.74) is 0.118. The van der Waals surface area contributed by atoms with Gasteiger partial charge in [0.05, 0.1) is 18.2 Å². The van der Waals surface area contributed by atoms with Gasteiger partial charge in [0.1, 0.15) is 0 Å². The van der Waals surface area contributed by atoms with E-state index >= 15 is 0 Å². The van der Waals surface area contributed by atoms with Crippen LogP contribution in [0.3, 0.4) is 0 Å². The van der Waals surface area contributed by atoms with Gasteiger partial charge >= 0.3 is 6.03 Å². The van der Waals surface area contributed by atoms with E-state index in [1.54, 1.807) is 0 Å². The molecule has 0 unspecified atom stereocenters. The summed E-state index contributed by atoms with van der Waals surface area (Å²) in [4.78, 5) is 11.2. The summed E-state index contributed by atoms with van der Waals surface area (Å²) < 4.78 is 0. The lowest BCUT2D eigenvalue weighted by Gasteiger charge is -2.08. The Labute approximate surface area is 96.9 Å². The monoisotopic (exact) mass is 237 g/mol. The molecule has 0 fully saturated rings. The number of hydrogen-bond donors (Lipinski definition) is 5. The molecule has 90 valence electrons. The molecular formula is C10H11N3O4. The number of rotatable bonds is 3. The van der Waals surface area contributed by atoms with Crippen LogP contribution in [0.2, 0.25) is 0 Å². The molecule has 1 rings (SSSR count). The molecule has 5 N–H and O–H groups in total. The number of urea groups is 1. The number of carbonyl (C=O) groups excluding carboxylic acids is 1. The molecule has 0 aromatic heterocycles. The SMILES string of the molecule is N#CCCNC(=O)Nc1cc(O)c(O)c(O)c1. The van der Waals surface area contributed by atoms with Crippen LogP contribution in [0.1, 0.15) is 6.42 Å². The van der Waals surface area contributed by atoms with Crippen molar-refractivity contribution in [3.8, 4) is 23.3 Å². The van der Waals surface area contributed by atoms with Crippen molar-refractivity contribution in [1.29, 1.82) is 5.26 Å². The van der Waals surface area contributed by atoms with Gasteiger partial charge in [0.2, 0.25) is 0 Å². The number of nitrogens with zero attached hydrogens (tertiary/aromatic N) is 1. The van der Waals surface area contributed by atoms with Crippen LogP contribution in [0.25, 0.3) is 0 Å². The van der Waals surface area contributed by atoms with E-state index in [1.165, 1.54) is 0 Å². The number of aromatic hydroxyl groups is 3. The van der Waals surface area contributed by atoms with Crippen LogP contribution in [0.15, 0.2) is 12.1 Å². The molecule has 0 aliphatic heterocycles. The molecule has 0 atom stereocenters. The first kappa shape index (κ1) is 12.4. The number of amides is 2. The minimum Gasteiger partial charge on any atom is -0.504 e. The summed E-state index contributed by atoms with van der Waals surface area (Å²) in [6.45, 7) is 0.193. The number of nitrogens with one attached hydrogen (secondary N) is 2. The van der Waals surface area contributed by atoms with Gasteiger partial charge < -0.3 is 26.0 Å². The molecule has 7 nitrogen and oxygen atoms in total. The lowest BCUT2D eigenvalue weighted by Crippen LogP contribution is -2.29. The number of phenolic OH excluding ortho intramolecular Hbond substituents is 3. The van der Waals surface area contributed by atoms with Gasteiger partial charge in [-0.2, -0.15) is 5.26 Å². The number of benzene rings is 1. The molecule has 0 saturated carbocycles. The number of hydrogen-bond acceptors (Lipinski definition) is 5. The summed E-state index contributed by atoms with van der Waals surface area (Å²) in [5.74, 6) is -1.74. The Kier molecular flexibility index (Phi) is 4.00. The number of carbonyl (C=O) groups is 1. The van der Waals surface area contributed by atoms with Gasteiger partial charge in [0, 0.05) is 18.7 Å².